The molecule has 0 radical (unpaired) electrons. The second kappa shape index (κ2) is 23.2. The third-order valence-corrected chi connectivity index (χ3v) is 27.7. The summed E-state index contributed by atoms with van der Waals surface area (Å²) >= 11 is 0. The number of allylic oxidation sites excluding steroid dienone is 4. The van der Waals surface area contributed by atoms with E-state index in [2.05, 4.69) is 263 Å². The second-order valence-electron chi connectivity index (χ2n) is 19.4. The van der Waals surface area contributed by atoms with Crippen molar-refractivity contribution in [1.29, 1.82) is 0 Å². The molecule has 1 aliphatic carbocycles. The quantitative estimate of drug-likeness (QED) is 0.0674. The van der Waals surface area contributed by atoms with E-state index in [-0.39, 0.29) is 44.8 Å². The summed E-state index contributed by atoms with van der Waals surface area (Å²) in [6, 6.07) is 77.6. The minimum atomic E-state index is -1.51. The molecular weight excluding hydrogens is 1300 g/mol. The molecule has 0 fully saturated rings. The summed E-state index contributed by atoms with van der Waals surface area (Å²) in [5.74, 6) is 4.96. The van der Waals surface area contributed by atoms with Crippen LogP contribution in [0.4, 0.5) is 0 Å². The molecular formula is C66H56Au2P2Si2+2. The van der Waals surface area contributed by atoms with E-state index in [0.29, 0.717) is 5.66 Å². The zero-order valence-corrected chi connectivity index (χ0v) is 49.2. The van der Waals surface area contributed by atoms with E-state index in [1.54, 1.807) is 5.30 Å². The molecule has 2 heterocycles. The van der Waals surface area contributed by atoms with Gasteiger partial charge in [-0.2, -0.15) is 0 Å². The van der Waals surface area contributed by atoms with Crippen LogP contribution in [0.15, 0.2) is 237 Å². The maximum atomic E-state index is 7.25. The van der Waals surface area contributed by atoms with Crippen LogP contribution < -0.4 is 47.3 Å². The monoisotopic (exact) mass is 1360 g/mol. The Morgan fingerprint density at radius 1 is 0.417 bits per heavy atom. The molecule has 2 atom stereocenters. The van der Waals surface area contributed by atoms with Crippen molar-refractivity contribution >= 4 is 90.0 Å². The van der Waals surface area contributed by atoms with Crippen LogP contribution in [0.2, 0.25) is 26.2 Å². The summed E-state index contributed by atoms with van der Waals surface area (Å²) in [6.45, 7) is 9.58. The average Bonchev–Trinajstić information content (AvgIpc) is 3.79. The first kappa shape index (κ1) is 52.9. The molecule has 0 saturated heterocycles. The fraction of sp³-hybridized carbons (Fsp3) is 0.0909. The fourth-order valence-electron chi connectivity index (χ4n) is 10.9. The summed E-state index contributed by atoms with van der Waals surface area (Å²) in [5.41, 5.74) is 7.60. The van der Waals surface area contributed by atoms with Gasteiger partial charge in [-0.3, -0.25) is 11.8 Å². The van der Waals surface area contributed by atoms with Gasteiger partial charge in [0, 0.05) is 6.42 Å². The number of rotatable bonds is 6. The number of hydrogen-bond donors (Lipinski definition) is 0. The van der Waals surface area contributed by atoms with Crippen molar-refractivity contribution in [3.63, 3.8) is 0 Å². The maximum Gasteiger partial charge on any atom is 1.00 e. The number of hydrogen-bond acceptors (Lipinski definition) is 0. The van der Waals surface area contributed by atoms with E-state index in [1.165, 1.54) is 75.0 Å². The Kier molecular flexibility index (Phi) is 17.1. The van der Waals surface area contributed by atoms with Crippen molar-refractivity contribution in [2.75, 3.05) is 0 Å². The summed E-state index contributed by atoms with van der Waals surface area (Å²) in [6.07, 6.45) is 24.9. The van der Waals surface area contributed by atoms with Crippen molar-refractivity contribution in [2.45, 2.75) is 38.3 Å². The maximum absolute atomic E-state index is 7.25. The van der Waals surface area contributed by atoms with Gasteiger partial charge in [0.2, 0.25) is 0 Å². The van der Waals surface area contributed by atoms with Crippen LogP contribution in [-0.2, 0) is 44.8 Å². The van der Waals surface area contributed by atoms with Crippen LogP contribution >= 0.6 is 15.8 Å². The molecule has 0 amide bonds. The van der Waals surface area contributed by atoms with Gasteiger partial charge in [-0.05, 0) is 108 Å². The summed E-state index contributed by atoms with van der Waals surface area (Å²) in [5, 5.41) is 16.1. The fourth-order valence-corrected chi connectivity index (χ4v) is 23.6. The molecule has 0 N–H and O–H groups in total. The van der Waals surface area contributed by atoms with Crippen LogP contribution in [0.25, 0.3) is 33.0 Å². The molecule has 0 saturated carbocycles. The third kappa shape index (κ3) is 10.5. The number of benzene rings is 9. The predicted octanol–water partition coefficient (Wildman–Crippen LogP) is 11.2. The Hall–Kier alpha value is -5.39. The van der Waals surface area contributed by atoms with E-state index in [1.807, 2.05) is 12.1 Å². The first-order valence-electron chi connectivity index (χ1n) is 24.3. The molecule has 72 heavy (non-hydrogen) atoms. The summed E-state index contributed by atoms with van der Waals surface area (Å²) < 4.78 is 0. The molecule has 2 aliphatic heterocycles. The Balaban J connectivity index is 0.000000161. The Bertz CT molecular complexity index is 3360. The van der Waals surface area contributed by atoms with Gasteiger partial charge in [0.25, 0.3) is 0 Å². The van der Waals surface area contributed by atoms with Crippen molar-refractivity contribution in [3.05, 3.63) is 261 Å². The van der Waals surface area contributed by atoms with Crippen LogP contribution in [0.5, 0.6) is 0 Å². The van der Waals surface area contributed by atoms with Crippen LogP contribution in [0, 0.1) is 24.7 Å². The van der Waals surface area contributed by atoms with Crippen molar-refractivity contribution in [1.82, 2.24) is 0 Å². The normalized spacial score (nSPS) is 15.0. The zero-order valence-electron chi connectivity index (χ0n) is 40.9. The average molecular weight is 1360 g/mol. The minimum Gasteiger partial charge on any atom is -0.366 e. The molecule has 9 aromatic rings. The van der Waals surface area contributed by atoms with Crippen molar-refractivity contribution < 1.29 is 44.8 Å². The second-order valence-corrected chi connectivity index (χ2v) is 33.2. The Morgan fingerprint density at radius 2 is 0.819 bits per heavy atom. The molecule has 6 heteroatoms. The summed E-state index contributed by atoms with van der Waals surface area (Å²) in [7, 11) is -5.31. The topological polar surface area (TPSA) is 0 Å². The predicted molar refractivity (Wildman–Crippen MR) is 314 cm³/mol. The van der Waals surface area contributed by atoms with E-state index < -0.39 is 32.0 Å². The van der Waals surface area contributed by atoms with Gasteiger partial charge in [0.15, 0.2) is 0 Å². The molecule has 12 rings (SSSR count). The number of fused-ring (bicyclic) bond motifs is 7. The van der Waals surface area contributed by atoms with Gasteiger partial charge >= 0.3 is 44.8 Å². The van der Waals surface area contributed by atoms with Crippen molar-refractivity contribution in [3.8, 4) is 34.1 Å². The molecule has 0 nitrogen and oxygen atoms in total. The first-order chi connectivity index (χ1) is 34.2. The van der Waals surface area contributed by atoms with Gasteiger partial charge < -0.3 is 12.8 Å². The molecule has 2 unspecified atom stereocenters. The molecule has 0 aromatic heterocycles. The van der Waals surface area contributed by atoms with E-state index in [9.17, 15) is 0 Å². The minimum absolute atomic E-state index is 0. The van der Waals surface area contributed by atoms with Crippen LogP contribution in [0.3, 0.4) is 0 Å². The molecule has 9 aromatic carbocycles. The zero-order chi connectivity index (χ0) is 48.2. The Labute approximate surface area is 463 Å². The largest absolute Gasteiger partial charge is 1.00 e. The summed E-state index contributed by atoms with van der Waals surface area (Å²) in [4.78, 5) is 0. The van der Waals surface area contributed by atoms with E-state index in [0.717, 1.165) is 17.5 Å². The molecule has 358 valence electrons. The van der Waals surface area contributed by atoms with Gasteiger partial charge in [-0.1, -0.05) is 184 Å². The van der Waals surface area contributed by atoms with E-state index in [4.69, 9.17) is 12.8 Å². The SMILES string of the molecule is C1=CCC([PH+](c2ccccc2)c2cc3ccccc3cc2[PH+](c2ccccc2)c2ccccc2)C=C1.[Au+].[Au+].[C-]#Cc1ccc2c(c1)-c1ccccc1[Si]2(C)C.[C-]#Cc1ccc2c(c1)-c1ccccc1[Si]2(C)C. The van der Waals surface area contributed by atoms with Crippen LogP contribution in [0.1, 0.15) is 17.5 Å². The Morgan fingerprint density at radius 3 is 1.26 bits per heavy atom. The smallest absolute Gasteiger partial charge is 0.366 e. The van der Waals surface area contributed by atoms with E-state index >= 15 is 0 Å². The van der Waals surface area contributed by atoms with Crippen molar-refractivity contribution in [2.24, 2.45) is 0 Å². The molecule has 3 aliphatic rings. The standard InChI is InChI=1S/C34H28P2.2C16H13Si.2Au/c1-5-17-29(18-6-1)35(30-19-7-2-8-20-30)33-25-27-15-13-14-16-28(27)26-34(33)36(31-21-9-3-10-22-31)32-23-11-4-12-24-32;2*1-4-12-9-10-16-14(11-12)13-7-5-6-8-15(13)17(16,2)3;;/h1-23,25-26,32H,24H2;2*5-11H,2-3H3;;/q;2*-1;2*+1/p+2. The van der Waals surface area contributed by atoms with Gasteiger partial charge in [-0.15, -0.1) is 35.4 Å². The third-order valence-electron chi connectivity index (χ3n) is 14.5. The van der Waals surface area contributed by atoms with Crippen LogP contribution in [-0.4, -0.2) is 21.8 Å². The van der Waals surface area contributed by atoms with Gasteiger partial charge in [0.05, 0.1) is 18.9 Å². The molecule has 0 bridgehead atoms. The first-order valence-corrected chi connectivity index (χ1v) is 33.4. The molecule has 0 spiro atoms. The van der Waals surface area contributed by atoms with Gasteiger partial charge in [0.1, 0.15) is 45.3 Å². The van der Waals surface area contributed by atoms with Gasteiger partial charge in [-0.25, -0.2) is 0 Å².